The van der Waals surface area contributed by atoms with Crippen LogP contribution in [0, 0.1) is 6.92 Å². The van der Waals surface area contributed by atoms with Crippen LogP contribution in [0.4, 0.5) is 11.6 Å². The topological polar surface area (TPSA) is 81.1 Å². The number of thioether (sulfide) groups is 1. The molecule has 0 spiro atoms. The normalized spacial score (nSPS) is 14.6. The van der Waals surface area contributed by atoms with Crippen molar-refractivity contribution in [3.63, 3.8) is 0 Å². The van der Waals surface area contributed by atoms with E-state index in [1.165, 1.54) is 11.8 Å². The Kier molecular flexibility index (Phi) is 7.72. The smallest absolute Gasteiger partial charge is 0.255 e. The van der Waals surface area contributed by atoms with E-state index in [9.17, 15) is 4.79 Å². The van der Waals surface area contributed by atoms with Gasteiger partial charge in [-0.15, -0.1) is 5.10 Å². The van der Waals surface area contributed by atoms with Crippen LogP contribution >= 0.6 is 23.4 Å². The number of halogens is 1. The number of fused-ring (bicyclic) bond motifs is 1. The number of nitrogens with zero attached hydrogens (tertiary/aromatic N) is 3. The summed E-state index contributed by atoms with van der Waals surface area (Å²) >= 11 is 7.84. The van der Waals surface area contributed by atoms with Gasteiger partial charge < -0.3 is 15.4 Å². The second kappa shape index (κ2) is 11.3. The molecule has 1 amide bonds. The summed E-state index contributed by atoms with van der Waals surface area (Å²) in [4.78, 5) is 18.5. The van der Waals surface area contributed by atoms with Crippen molar-refractivity contribution >= 4 is 40.9 Å². The number of hydrogen-bond acceptors (Lipinski definition) is 6. The van der Waals surface area contributed by atoms with Gasteiger partial charge in [-0.3, -0.25) is 4.79 Å². The van der Waals surface area contributed by atoms with Crippen LogP contribution in [0.1, 0.15) is 36.6 Å². The number of allylic oxidation sites excluding steroid dienone is 1. The predicted octanol–water partition coefficient (Wildman–Crippen LogP) is 6.86. The van der Waals surface area contributed by atoms with Gasteiger partial charge >= 0.3 is 0 Å². The molecular formula is C29H28ClN5O2S. The number of aromatic nitrogens is 3. The maximum Gasteiger partial charge on any atom is 0.255 e. The number of benzene rings is 3. The van der Waals surface area contributed by atoms with Crippen molar-refractivity contribution in [1.82, 2.24) is 14.8 Å². The average molecular weight is 546 g/mol. The van der Waals surface area contributed by atoms with Crippen LogP contribution in [-0.4, -0.2) is 27.3 Å². The monoisotopic (exact) mass is 545 g/mol. The molecule has 1 aromatic heterocycles. The third kappa shape index (κ3) is 5.42. The van der Waals surface area contributed by atoms with Crippen LogP contribution in [-0.2, 0) is 10.5 Å². The summed E-state index contributed by atoms with van der Waals surface area (Å²) in [6, 6.07) is 22.8. The minimum Gasteiger partial charge on any atom is -0.494 e. The SMILES string of the molecule is CCOc1ccc(C2C(C(=O)Nc3ccccc3C)=C(C)Nc3nc(SCc4ccccc4Cl)nn32)cc1. The molecular weight excluding hydrogens is 518 g/mol. The van der Waals surface area contributed by atoms with Gasteiger partial charge in [0.25, 0.3) is 5.91 Å². The van der Waals surface area contributed by atoms with Gasteiger partial charge in [0.1, 0.15) is 11.8 Å². The van der Waals surface area contributed by atoms with Gasteiger partial charge in [0.15, 0.2) is 0 Å². The van der Waals surface area contributed by atoms with Crippen LogP contribution < -0.4 is 15.4 Å². The number of anilines is 2. The van der Waals surface area contributed by atoms with E-state index in [4.69, 9.17) is 26.4 Å². The Morgan fingerprint density at radius 2 is 1.82 bits per heavy atom. The molecule has 1 unspecified atom stereocenters. The molecule has 0 saturated heterocycles. The van der Waals surface area contributed by atoms with Gasteiger partial charge in [-0.05, 0) is 61.7 Å². The van der Waals surface area contributed by atoms with Gasteiger partial charge in [-0.25, -0.2) is 4.68 Å². The number of rotatable bonds is 8. The summed E-state index contributed by atoms with van der Waals surface area (Å²) in [6.45, 7) is 6.39. The molecule has 7 nitrogen and oxygen atoms in total. The third-order valence-electron chi connectivity index (χ3n) is 6.29. The maximum atomic E-state index is 13.7. The molecule has 1 aliphatic rings. The molecule has 0 radical (unpaired) electrons. The van der Waals surface area contributed by atoms with Gasteiger partial charge in [-0.2, -0.15) is 4.98 Å². The Morgan fingerprint density at radius 1 is 1.08 bits per heavy atom. The molecule has 1 atom stereocenters. The van der Waals surface area contributed by atoms with Crippen molar-refractivity contribution in [2.75, 3.05) is 17.2 Å². The van der Waals surface area contributed by atoms with Crippen molar-refractivity contribution in [3.05, 3.63) is 106 Å². The van der Waals surface area contributed by atoms with Crippen molar-refractivity contribution in [2.45, 2.75) is 37.7 Å². The average Bonchev–Trinajstić information content (AvgIpc) is 3.31. The van der Waals surface area contributed by atoms with Gasteiger partial charge in [0.2, 0.25) is 11.1 Å². The molecule has 194 valence electrons. The van der Waals surface area contributed by atoms with E-state index in [-0.39, 0.29) is 5.91 Å². The summed E-state index contributed by atoms with van der Waals surface area (Å²) in [5.41, 5.74) is 4.95. The molecule has 5 rings (SSSR count). The van der Waals surface area contributed by atoms with Gasteiger partial charge in [-0.1, -0.05) is 71.9 Å². The Bertz CT molecular complexity index is 1500. The zero-order valence-electron chi connectivity index (χ0n) is 21.4. The number of hydrogen-bond donors (Lipinski definition) is 2. The molecule has 0 aliphatic carbocycles. The second-order valence-electron chi connectivity index (χ2n) is 8.88. The van der Waals surface area contributed by atoms with Crippen molar-refractivity contribution in [1.29, 1.82) is 0 Å². The zero-order valence-corrected chi connectivity index (χ0v) is 22.9. The molecule has 3 aromatic carbocycles. The first-order valence-corrected chi connectivity index (χ1v) is 13.7. The van der Waals surface area contributed by atoms with Crippen LogP contribution in [0.5, 0.6) is 5.75 Å². The molecule has 0 fully saturated rings. The van der Waals surface area contributed by atoms with E-state index in [0.29, 0.717) is 34.1 Å². The highest BCUT2D eigenvalue weighted by molar-refractivity contribution is 7.98. The van der Waals surface area contributed by atoms with E-state index in [0.717, 1.165) is 33.8 Å². The molecule has 0 bridgehead atoms. The quantitative estimate of drug-likeness (QED) is 0.235. The Hall–Kier alpha value is -3.75. The predicted molar refractivity (Wildman–Crippen MR) is 153 cm³/mol. The number of nitrogens with one attached hydrogen (secondary N) is 2. The highest BCUT2D eigenvalue weighted by atomic mass is 35.5. The van der Waals surface area contributed by atoms with E-state index in [1.54, 1.807) is 4.68 Å². The molecule has 1 aliphatic heterocycles. The molecule has 0 saturated carbocycles. The molecule has 38 heavy (non-hydrogen) atoms. The first-order chi connectivity index (χ1) is 18.4. The molecule has 2 heterocycles. The summed E-state index contributed by atoms with van der Waals surface area (Å²) in [7, 11) is 0. The first-order valence-electron chi connectivity index (χ1n) is 12.3. The fourth-order valence-electron chi connectivity index (χ4n) is 4.37. The standard InChI is InChI=1S/C29H28ClN5O2S/c1-4-37-22-15-13-20(14-16-22)26-25(27(36)32-24-12-8-5-9-18(24)2)19(3)31-28-33-29(34-35(26)28)38-17-21-10-6-7-11-23(21)30/h5-16,26H,4,17H2,1-3H3,(H,32,36)(H,31,33,34). The molecule has 9 heteroatoms. The Morgan fingerprint density at radius 3 is 2.55 bits per heavy atom. The van der Waals surface area contributed by atoms with Crippen molar-refractivity contribution in [3.8, 4) is 5.75 Å². The van der Waals surface area contributed by atoms with Crippen LogP contribution in [0.3, 0.4) is 0 Å². The Balaban J connectivity index is 1.50. The summed E-state index contributed by atoms with van der Waals surface area (Å²) in [5, 5.41) is 12.5. The number of carbonyl (C=O) groups is 1. The van der Waals surface area contributed by atoms with Gasteiger partial charge in [0, 0.05) is 22.2 Å². The minimum atomic E-state index is -0.479. The summed E-state index contributed by atoms with van der Waals surface area (Å²) in [6.07, 6.45) is 0. The first kappa shape index (κ1) is 25.9. The number of aryl methyl sites for hydroxylation is 1. The minimum absolute atomic E-state index is 0.199. The lowest BCUT2D eigenvalue weighted by Gasteiger charge is -2.29. The van der Waals surface area contributed by atoms with E-state index >= 15 is 0 Å². The van der Waals surface area contributed by atoms with E-state index < -0.39 is 6.04 Å². The molecule has 2 N–H and O–H groups in total. The number of para-hydroxylation sites is 1. The lowest BCUT2D eigenvalue weighted by molar-refractivity contribution is -0.113. The molecule has 4 aromatic rings. The van der Waals surface area contributed by atoms with Crippen LogP contribution in [0.25, 0.3) is 0 Å². The third-order valence-corrected chi connectivity index (χ3v) is 7.55. The fourth-order valence-corrected chi connectivity index (χ4v) is 5.48. The Labute approximate surface area is 231 Å². The van der Waals surface area contributed by atoms with E-state index in [1.807, 2.05) is 93.6 Å². The number of amides is 1. The lowest BCUT2D eigenvalue weighted by atomic mass is 9.95. The van der Waals surface area contributed by atoms with Crippen LogP contribution in [0.2, 0.25) is 5.02 Å². The second-order valence-corrected chi connectivity index (χ2v) is 10.2. The zero-order chi connectivity index (χ0) is 26.6. The number of carbonyl (C=O) groups excluding carboxylic acids is 1. The van der Waals surface area contributed by atoms with Crippen LogP contribution in [0.15, 0.2) is 89.2 Å². The van der Waals surface area contributed by atoms with Crippen molar-refractivity contribution in [2.24, 2.45) is 0 Å². The lowest BCUT2D eigenvalue weighted by Crippen LogP contribution is -2.31. The van der Waals surface area contributed by atoms with Crippen molar-refractivity contribution < 1.29 is 9.53 Å². The number of ether oxygens (including phenoxy) is 1. The maximum absolute atomic E-state index is 13.7. The van der Waals surface area contributed by atoms with E-state index in [2.05, 4.69) is 10.6 Å². The summed E-state index contributed by atoms with van der Waals surface area (Å²) in [5.74, 6) is 1.78. The largest absolute Gasteiger partial charge is 0.494 e. The fraction of sp³-hybridized carbons (Fsp3) is 0.207. The highest BCUT2D eigenvalue weighted by Gasteiger charge is 2.34. The highest BCUT2D eigenvalue weighted by Crippen LogP contribution is 2.38. The van der Waals surface area contributed by atoms with Gasteiger partial charge in [0.05, 0.1) is 12.2 Å². The summed E-state index contributed by atoms with van der Waals surface area (Å²) < 4.78 is 7.42.